The first-order valence-corrected chi connectivity index (χ1v) is 4.37. The van der Waals surface area contributed by atoms with Crippen LogP contribution >= 0.6 is 15.9 Å². The van der Waals surface area contributed by atoms with Crippen LogP contribution in [0.5, 0.6) is 0 Å². The molecule has 12 heavy (non-hydrogen) atoms. The van der Waals surface area contributed by atoms with Gasteiger partial charge in [0.25, 0.3) is 0 Å². The largest absolute Gasteiger partial charge is 0.393 e. The van der Waals surface area contributed by atoms with E-state index in [0.29, 0.717) is 5.56 Å². The van der Waals surface area contributed by atoms with Crippen molar-refractivity contribution in [2.75, 3.05) is 0 Å². The Balaban J connectivity index is 2.90. The summed E-state index contributed by atoms with van der Waals surface area (Å²) in [7, 11) is 0. The third-order valence-electron chi connectivity index (χ3n) is 1.39. The number of nitrogens with zero attached hydrogens (tertiary/aromatic N) is 1. The lowest BCUT2D eigenvalue weighted by Crippen LogP contribution is -2.06. The van der Waals surface area contributed by atoms with E-state index in [4.69, 9.17) is 5.11 Å². The fraction of sp³-hybridized carbons (Fsp3) is 0.375. The minimum atomic E-state index is -0.546. The van der Waals surface area contributed by atoms with E-state index in [1.54, 1.807) is 13.0 Å². The van der Waals surface area contributed by atoms with Gasteiger partial charge in [-0.3, -0.25) is 0 Å². The van der Waals surface area contributed by atoms with Crippen molar-refractivity contribution in [1.29, 1.82) is 0 Å². The van der Waals surface area contributed by atoms with Gasteiger partial charge < -0.3 is 5.11 Å². The van der Waals surface area contributed by atoms with Crippen molar-refractivity contribution in [3.63, 3.8) is 0 Å². The van der Waals surface area contributed by atoms with Gasteiger partial charge in [-0.05, 0) is 28.9 Å². The molecule has 1 heterocycles. The third kappa shape index (κ3) is 2.53. The predicted molar refractivity (Wildman–Crippen MR) is 47.3 cm³/mol. The van der Waals surface area contributed by atoms with Gasteiger partial charge in [-0.1, -0.05) is 0 Å². The van der Waals surface area contributed by atoms with Gasteiger partial charge in [-0.15, -0.1) is 0 Å². The van der Waals surface area contributed by atoms with Crippen LogP contribution in [0.4, 0.5) is 4.39 Å². The smallest absolute Gasteiger partial charge is 0.216 e. The maximum Gasteiger partial charge on any atom is 0.216 e. The molecule has 0 aliphatic carbocycles. The Morgan fingerprint density at radius 3 is 3.00 bits per heavy atom. The van der Waals surface area contributed by atoms with Gasteiger partial charge in [0.05, 0.1) is 6.10 Å². The lowest BCUT2D eigenvalue weighted by molar-refractivity contribution is 0.193. The summed E-state index contributed by atoms with van der Waals surface area (Å²) in [6, 6.07) is 1.62. The standard InChI is InChI=1S/C8H9BrFNO/c1-5(12)2-6-3-7(9)4-11-8(6)10/h3-5,12H,2H2,1H3/t5-/m0/s1. The zero-order valence-corrected chi connectivity index (χ0v) is 8.18. The molecular formula is C8H9BrFNO. The van der Waals surface area contributed by atoms with Crippen molar-refractivity contribution in [2.45, 2.75) is 19.4 Å². The van der Waals surface area contributed by atoms with Crippen LogP contribution in [0.25, 0.3) is 0 Å². The molecule has 66 valence electrons. The molecule has 4 heteroatoms. The summed E-state index contributed by atoms with van der Waals surface area (Å²) in [5.41, 5.74) is 0.430. The lowest BCUT2D eigenvalue weighted by atomic mass is 10.1. The summed E-state index contributed by atoms with van der Waals surface area (Å²) >= 11 is 3.18. The molecule has 1 aromatic heterocycles. The van der Waals surface area contributed by atoms with Crippen LogP contribution in [0.3, 0.4) is 0 Å². The second kappa shape index (κ2) is 3.96. The van der Waals surface area contributed by atoms with Crippen molar-refractivity contribution in [2.24, 2.45) is 0 Å². The highest BCUT2D eigenvalue weighted by atomic mass is 79.9. The molecule has 1 rings (SSSR count). The van der Waals surface area contributed by atoms with Gasteiger partial charge in [-0.25, -0.2) is 4.98 Å². The molecule has 1 N–H and O–H groups in total. The number of halogens is 2. The van der Waals surface area contributed by atoms with Crippen LogP contribution in [0.2, 0.25) is 0 Å². The molecule has 0 aliphatic rings. The molecule has 1 aromatic rings. The molecule has 0 spiro atoms. The Morgan fingerprint density at radius 2 is 2.42 bits per heavy atom. The normalized spacial score (nSPS) is 13.0. The summed E-state index contributed by atoms with van der Waals surface area (Å²) in [5, 5.41) is 9.01. The van der Waals surface area contributed by atoms with Crippen molar-refractivity contribution < 1.29 is 9.50 Å². The number of pyridine rings is 1. The summed E-state index contributed by atoms with van der Waals surface area (Å²) in [6.45, 7) is 1.61. The first-order valence-electron chi connectivity index (χ1n) is 3.57. The first kappa shape index (κ1) is 9.61. The number of rotatable bonds is 2. The monoisotopic (exact) mass is 233 g/mol. The molecule has 0 saturated heterocycles. The average Bonchev–Trinajstić information content (AvgIpc) is 1.96. The SMILES string of the molecule is C[C@H](O)Cc1cc(Br)cnc1F. The molecule has 0 bridgehead atoms. The van der Waals surface area contributed by atoms with Crippen LogP contribution in [0, 0.1) is 5.95 Å². The van der Waals surface area contributed by atoms with Crippen LogP contribution in [-0.4, -0.2) is 16.2 Å². The molecule has 1 atom stereocenters. The quantitative estimate of drug-likeness (QED) is 0.793. The minimum absolute atomic E-state index is 0.290. The van der Waals surface area contributed by atoms with Crippen molar-refractivity contribution in [3.8, 4) is 0 Å². The van der Waals surface area contributed by atoms with E-state index < -0.39 is 12.1 Å². The van der Waals surface area contributed by atoms with Crippen LogP contribution in [-0.2, 0) is 6.42 Å². The molecule has 0 aromatic carbocycles. The van der Waals surface area contributed by atoms with E-state index in [1.807, 2.05) is 0 Å². The fourth-order valence-electron chi connectivity index (χ4n) is 0.926. The Morgan fingerprint density at radius 1 is 1.75 bits per heavy atom. The molecule has 0 aliphatic heterocycles. The average molecular weight is 234 g/mol. The topological polar surface area (TPSA) is 33.1 Å². The van der Waals surface area contributed by atoms with E-state index in [1.165, 1.54) is 6.20 Å². The Hall–Kier alpha value is -0.480. The van der Waals surface area contributed by atoms with Crippen LogP contribution < -0.4 is 0 Å². The zero-order chi connectivity index (χ0) is 9.14. The van der Waals surface area contributed by atoms with Crippen LogP contribution in [0.1, 0.15) is 12.5 Å². The molecule has 2 nitrogen and oxygen atoms in total. The first-order chi connectivity index (χ1) is 5.59. The minimum Gasteiger partial charge on any atom is -0.393 e. The lowest BCUT2D eigenvalue weighted by Gasteiger charge is -2.04. The van der Waals surface area contributed by atoms with E-state index in [0.717, 1.165) is 4.47 Å². The van der Waals surface area contributed by atoms with Gasteiger partial charge in [0.15, 0.2) is 0 Å². The molecule has 0 fully saturated rings. The second-order valence-corrected chi connectivity index (χ2v) is 3.57. The number of aliphatic hydroxyl groups excluding tert-OH is 1. The number of hydrogen-bond acceptors (Lipinski definition) is 2. The molecule has 0 saturated carbocycles. The van der Waals surface area contributed by atoms with E-state index in [2.05, 4.69) is 20.9 Å². The summed E-state index contributed by atoms with van der Waals surface area (Å²) < 4.78 is 13.6. The number of aromatic nitrogens is 1. The third-order valence-corrected chi connectivity index (χ3v) is 1.83. The predicted octanol–water partition coefficient (Wildman–Crippen LogP) is 1.91. The molecule has 0 radical (unpaired) electrons. The molecule has 0 unspecified atom stereocenters. The van der Waals surface area contributed by atoms with Crippen molar-refractivity contribution in [3.05, 3.63) is 28.2 Å². The highest BCUT2D eigenvalue weighted by Crippen LogP contribution is 2.14. The van der Waals surface area contributed by atoms with E-state index in [9.17, 15) is 4.39 Å². The highest BCUT2D eigenvalue weighted by Gasteiger charge is 2.06. The van der Waals surface area contributed by atoms with E-state index in [-0.39, 0.29) is 6.42 Å². The van der Waals surface area contributed by atoms with Gasteiger partial charge in [0.1, 0.15) is 0 Å². The van der Waals surface area contributed by atoms with Gasteiger partial charge in [0.2, 0.25) is 5.95 Å². The van der Waals surface area contributed by atoms with Gasteiger partial charge in [0, 0.05) is 22.7 Å². The highest BCUT2D eigenvalue weighted by molar-refractivity contribution is 9.10. The Labute approximate surface area is 78.6 Å². The number of aliphatic hydroxyl groups is 1. The van der Waals surface area contributed by atoms with Gasteiger partial charge >= 0.3 is 0 Å². The second-order valence-electron chi connectivity index (χ2n) is 2.66. The Kier molecular flexibility index (Phi) is 3.17. The summed E-state index contributed by atoms with van der Waals surface area (Å²) in [6.07, 6.45) is 1.13. The zero-order valence-electron chi connectivity index (χ0n) is 6.59. The molecule has 0 amide bonds. The van der Waals surface area contributed by atoms with Crippen molar-refractivity contribution >= 4 is 15.9 Å². The van der Waals surface area contributed by atoms with Crippen LogP contribution in [0.15, 0.2) is 16.7 Å². The summed E-state index contributed by atoms with van der Waals surface area (Å²) in [5.74, 6) is -0.515. The van der Waals surface area contributed by atoms with Crippen molar-refractivity contribution in [1.82, 2.24) is 4.98 Å². The van der Waals surface area contributed by atoms with E-state index >= 15 is 0 Å². The van der Waals surface area contributed by atoms with Gasteiger partial charge in [-0.2, -0.15) is 4.39 Å². The summed E-state index contributed by atoms with van der Waals surface area (Å²) in [4.78, 5) is 3.51. The maximum absolute atomic E-state index is 12.9. The fourth-order valence-corrected chi connectivity index (χ4v) is 1.30. The number of hydrogen-bond donors (Lipinski definition) is 1. The maximum atomic E-state index is 12.9. The molecular weight excluding hydrogens is 225 g/mol. The Bertz CT molecular complexity index is 278.